The highest BCUT2D eigenvalue weighted by Crippen LogP contribution is 2.39. The van der Waals surface area contributed by atoms with Crippen molar-refractivity contribution in [1.29, 1.82) is 0 Å². The maximum absolute atomic E-state index is 11.6. The topological polar surface area (TPSA) is 48.0 Å². The van der Waals surface area contributed by atoms with Crippen molar-refractivity contribution in [3.8, 4) is 0 Å². The molecule has 0 aliphatic carbocycles. The molecule has 1 saturated heterocycles. The number of carbonyl (C=O) groups excluding carboxylic acids is 1. The quantitative estimate of drug-likeness (QED) is 0.587. The summed E-state index contributed by atoms with van der Waals surface area (Å²) in [6.45, 7) is 11.6. The third-order valence-corrected chi connectivity index (χ3v) is 4.92. The zero-order valence-electron chi connectivity index (χ0n) is 13.9. The van der Waals surface area contributed by atoms with E-state index in [0.717, 1.165) is 19.5 Å². The fraction of sp³-hybridized carbons (Fsp3) is 0.800. The van der Waals surface area contributed by atoms with Gasteiger partial charge in [-0.3, -0.25) is 9.69 Å². The molecule has 21 heavy (non-hydrogen) atoms. The van der Waals surface area contributed by atoms with Gasteiger partial charge in [0.25, 0.3) is 0 Å². The normalized spacial score (nSPS) is 26.4. The standard InChI is InChI=1S/C15H26BNO4/c1-11(13(18)19-6)17-9-7-12(8-10-17)16-20-14(2,3)15(4,5)21-16/h7,11H,8-10H2,1-6H3. The first-order chi connectivity index (χ1) is 9.68. The number of carbonyl (C=O) groups is 1. The summed E-state index contributed by atoms with van der Waals surface area (Å²) in [6.07, 6.45) is 2.96. The zero-order chi connectivity index (χ0) is 15.8. The van der Waals surface area contributed by atoms with Gasteiger partial charge in [0, 0.05) is 13.1 Å². The molecular formula is C15H26BNO4. The van der Waals surface area contributed by atoms with Gasteiger partial charge in [-0.25, -0.2) is 0 Å². The summed E-state index contributed by atoms with van der Waals surface area (Å²) < 4.78 is 16.9. The van der Waals surface area contributed by atoms with E-state index < -0.39 is 0 Å². The van der Waals surface area contributed by atoms with Crippen LogP contribution in [-0.4, -0.2) is 55.4 Å². The molecule has 1 unspecified atom stereocenters. The first-order valence-corrected chi connectivity index (χ1v) is 7.54. The molecular weight excluding hydrogens is 269 g/mol. The van der Waals surface area contributed by atoms with Gasteiger partial charge in [0.1, 0.15) is 6.04 Å². The van der Waals surface area contributed by atoms with Crippen molar-refractivity contribution in [2.24, 2.45) is 0 Å². The lowest BCUT2D eigenvalue weighted by Gasteiger charge is -2.32. The predicted octanol–water partition coefficient (Wildman–Crippen LogP) is 1.81. The van der Waals surface area contributed by atoms with Crippen LogP contribution in [0, 0.1) is 0 Å². The molecule has 5 nitrogen and oxygen atoms in total. The van der Waals surface area contributed by atoms with Gasteiger partial charge in [-0.05, 0) is 46.5 Å². The van der Waals surface area contributed by atoms with Crippen molar-refractivity contribution in [1.82, 2.24) is 4.90 Å². The Kier molecular flexibility index (Phi) is 4.52. The van der Waals surface area contributed by atoms with Crippen LogP contribution in [-0.2, 0) is 18.8 Å². The number of ether oxygens (including phenoxy) is 1. The molecule has 1 fully saturated rings. The SMILES string of the molecule is COC(=O)C(C)N1CC=C(B2OC(C)(C)C(C)(C)O2)CC1. The van der Waals surface area contributed by atoms with Crippen molar-refractivity contribution < 1.29 is 18.8 Å². The minimum absolute atomic E-state index is 0.192. The van der Waals surface area contributed by atoms with Gasteiger partial charge in [0.2, 0.25) is 0 Å². The molecule has 0 aromatic rings. The second-order valence-corrected chi connectivity index (χ2v) is 6.81. The zero-order valence-corrected chi connectivity index (χ0v) is 13.9. The molecule has 2 aliphatic heterocycles. The van der Waals surface area contributed by atoms with Crippen LogP contribution in [0.2, 0.25) is 0 Å². The summed E-state index contributed by atoms with van der Waals surface area (Å²) in [6, 6.07) is -0.217. The summed E-state index contributed by atoms with van der Waals surface area (Å²) in [7, 11) is 1.15. The summed E-state index contributed by atoms with van der Waals surface area (Å²) >= 11 is 0. The lowest BCUT2D eigenvalue weighted by atomic mass is 9.74. The number of hydrogen-bond acceptors (Lipinski definition) is 5. The van der Waals surface area contributed by atoms with E-state index in [2.05, 4.69) is 38.7 Å². The van der Waals surface area contributed by atoms with E-state index in [1.54, 1.807) is 0 Å². The molecule has 0 saturated carbocycles. The lowest BCUT2D eigenvalue weighted by Crippen LogP contribution is -2.43. The summed E-state index contributed by atoms with van der Waals surface area (Å²) in [4.78, 5) is 13.7. The molecule has 0 aromatic heterocycles. The van der Waals surface area contributed by atoms with Crippen molar-refractivity contribution in [3.05, 3.63) is 11.5 Å². The van der Waals surface area contributed by atoms with Crippen LogP contribution in [0.5, 0.6) is 0 Å². The molecule has 1 atom stereocenters. The minimum Gasteiger partial charge on any atom is -0.468 e. The number of hydrogen-bond donors (Lipinski definition) is 0. The number of rotatable bonds is 3. The Hall–Kier alpha value is -0.845. The van der Waals surface area contributed by atoms with Crippen LogP contribution in [0.3, 0.4) is 0 Å². The fourth-order valence-electron chi connectivity index (χ4n) is 2.58. The van der Waals surface area contributed by atoms with Crippen LogP contribution in [0.4, 0.5) is 0 Å². The first kappa shape index (κ1) is 16.5. The fourth-order valence-corrected chi connectivity index (χ4v) is 2.58. The molecule has 0 N–H and O–H groups in total. The molecule has 2 aliphatic rings. The van der Waals surface area contributed by atoms with E-state index in [4.69, 9.17) is 14.0 Å². The van der Waals surface area contributed by atoms with Crippen LogP contribution in [0.1, 0.15) is 41.0 Å². The second kappa shape index (κ2) is 5.74. The molecule has 0 radical (unpaired) electrons. The maximum atomic E-state index is 11.6. The Labute approximate surface area is 127 Å². The summed E-state index contributed by atoms with van der Waals surface area (Å²) in [5.74, 6) is -0.192. The van der Waals surface area contributed by atoms with Gasteiger partial charge >= 0.3 is 13.1 Å². The molecule has 0 aromatic carbocycles. The minimum atomic E-state index is -0.311. The summed E-state index contributed by atoms with van der Waals surface area (Å²) in [5.41, 5.74) is 0.547. The van der Waals surface area contributed by atoms with Crippen molar-refractivity contribution in [2.45, 2.75) is 58.3 Å². The lowest BCUT2D eigenvalue weighted by molar-refractivity contribution is -0.146. The monoisotopic (exact) mass is 295 g/mol. The van der Waals surface area contributed by atoms with Crippen molar-refractivity contribution in [3.63, 3.8) is 0 Å². The predicted molar refractivity (Wildman–Crippen MR) is 81.8 cm³/mol. The van der Waals surface area contributed by atoms with Gasteiger partial charge in [-0.15, -0.1) is 0 Å². The number of nitrogens with zero attached hydrogens (tertiary/aromatic N) is 1. The average Bonchev–Trinajstić information content (AvgIpc) is 2.66. The van der Waals surface area contributed by atoms with Gasteiger partial charge in [0.15, 0.2) is 0 Å². The molecule has 0 bridgehead atoms. The Morgan fingerprint density at radius 2 is 1.90 bits per heavy atom. The highest BCUT2D eigenvalue weighted by atomic mass is 16.7. The molecule has 2 heterocycles. The van der Waals surface area contributed by atoms with Crippen LogP contribution >= 0.6 is 0 Å². The van der Waals surface area contributed by atoms with Crippen LogP contribution in [0.15, 0.2) is 11.5 Å². The highest BCUT2D eigenvalue weighted by molar-refractivity contribution is 6.54. The average molecular weight is 295 g/mol. The highest BCUT2D eigenvalue weighted by Gasteiger charge is 2.52. The van der Waals surface area contributed by atoms with Crippen molar-refractivity contribution >= 4 is 13.1 Å². The Morgan fingerprint density at radius 1 is 1.33 bits per heavy atom. The third-order valence-electron chi connectivity index (χ3n) is 4.92. The molecule has 0 spiro atoms. The van der Waals surface area contributed by atoms with E-state index in [9.17, 15) is 4.79 Å². The van der Waals surface area contributed by atoms with Gasteiger partial charge in [-0.1, -0.05) is 6.08 Å². The first-order valence-electron chi connectivity index (χ1n) is 7.54. The van der Waals surface area contributed by atoms with E-state index in [0.29, 0.717) is 0 Å². The smallest absolute Gasteiger partial charge is 0.468 e. The maximum Gasteiger partial charge on any atom is 0.490 e. The molecule has 6 heteroatoms. The largest absolute Gasteiger partial charge is 0.490 e. The summed E-state index contributed by atoms with van der Waals surface area (Å²) in [5, 5.41) is 0. The van der Waals surface area contributed by atoms with E-state index in [-0.39, 0.29) is 30.3 Å². The number of esters is 1. The van der Waals surface area contributed by atoms with Crippen LogP contribution in [0.25, 0.3) is 0 Å². The van der Waals surface area contributed by atoms with Gasteiger partial charge in [0.05, 0.1) is 18.3 Å². The van der Waals surface area contributed by atoms with E-state index in [1.807, 2.05) is 6.92 Å². The Balaban J connectivity index is 2.00. The number of methoxy groups -OCH3 is 1. The van der Waals surface area contributed by atoms with Gasteiger partial charge < -0.3 is 14.0 Å². The van der Waals surface area contributed by atoms with Crippen molar-refractivity contribution in [2.75, 3.05) is 20.2 Å². The van der Waals surface area contributed by atoms with Crippen LogP contribution < -0.4 is 0 Å². The Bertz CT molecular complexity index is 431. The molecule has 118 valence electrons. The van der Waals surface area contributed by atoms with E-state index >= 15 is 0 Å². The molecule has 0 amide bonds. The Morgan fingerprint density at radius 3 is 2.33 bits per heavy atom. The second-order valence-electron chi connectivity index (χ2n) is 6.81. The van der Waals surface area contributed by atoms with E-state index in [1.165, 1.54) is 12.6 Å². The molecule has 2 rings (SSSR count). The van der Waals surface area contributed by atoms with Gasteiger partial charge in [-0.2, -0.15) is 0 Å². The third kappa shape index (κ3) is 3.17.